The molecule has 2 atom stereocenters. The molecule has 2 amide bonds. The van der Waals surface area contributed by atoms with Crippen molar-refractivity contribution < 1.29 is 19.1 Å². The Bertz CT molecular complexity index is 1560. The smallest absolute Gasteiger partial charge is 0.246 e. The number of aromatic nitrogens is 2. The van der Waals surface area contributed by atoms with Gasteiger partial charge in [0.1, 0.15) is 17.4 Å². The van der Waals surface area contributed by atoms with Crippen LogP contribution in [0.25, 0.3) is 11.3 Å². The van der Waals surface area contributed by atoms with E-state index in [2.05, 4.69) is 21.5 Å². The molecule has 0 saturated carbocycles. The lowest BCUT2D eigenvalue weighted by atomic mass is 10.0. The van der Waals surface area contributed by atoms with Gasteiger partial charge >= 0.3 is 0 Å². The fourth-order valence-electron chi connectivity index (χ4n) is 5.69. The van der Waals surface area contributed by atoms with Gasteiger partial charge in [0.2, 0.25) is 12.3 Å². The Morgan fingerprint density at radius 2 is 1.93 bits per heavy atom. The summed E-state index contributed by atoms with van der Waals surface area (Å²) in [4.78, 5) is 44.6. The van der Waals surface area contributed by atoms with E-state index < -0.39 is 5.82 Å². The number of hydrogen-bond donors (Lipinski definition) is 1. The molecule has 1 N–H and O–H groups in total. The number of phenolic OH excluding ortho intramolecular Hbond substituents is 1. The van der Waals surface area contributed by atoms with Crippen molar-refractivity contribution >= 4 is 41.3 Å². The zero-order valence-corrected chi connectivity index (χ0v) is 25.9. The molecule has 3 aromatic rings. The molecule has 0 bridgehead atoms. The number of aliphatic imine (C=N–C) groups is 1. The molecule has 1 fully saturated rings. The average Bonchev–Trinajstić information content (AvgIpc) is 2.96. The molecule has 1 saturated heterocycles. The topological polar surface area (TPSA) is 102 Å². The van der Waals surface area contributed by atoms with Gasteiger partial charge in [0.25, 0.3) is 0 Å². The van der Waals surface area contributed by atoms with Crippen molar-refractivity contribution in [3.05, 3.63) is 76.8 Å². The normalized spacial score (nSPS) is 17.3. The molecule has 9 nitrogen and oxygen atoms in total. The lowest BCUT2D eigenvalue weighted by Crippen LogP contribution is -2.59. The summed E-state index contributed by atoms with van der Waals surface area (Å²) < 4.78 is 15.1. The van der Waals surface area contributed by atoms with E-state index in [1.54, 1.807) is 30.3 Å². The number of carbonyl (C=O) groups excluding carboxylic acids is 2. The number of piperazine rings is 1. The van der Waals surface area contributed by atoms with Gasteiger partial charge in [-0.2, -0.15) is 0 Å². The van der Waals surface area contributed by atoms with Crippen molar-refractivity contribution in [1.82, 2.24) is 19.8 Å². The predicted octanol–water partition coefficient (Wildman–Crippen LogP) is 5.85. The van der Waals surface area contributed by atoms with Crippen LogP contribution in [0.15, 0.2) is 54.2 Å². The number of pyridine rings is 2. The first-order valence-electron chi connectivity index (χ1n) is 14.0. The van der Waals surface area contributed by atoms with E-state index in [1.807, 2.05) is 34.6 Å². The van der Waals surface area contributed by atoms with Crippen LogP contribution >= 0.6 is 11.6 Å². The second-order valence-corrected chi connectivity index (χ2v) is 11.3. The first-order chi connectivity index (χ1) is 20.4. The number of carbonyl (C=O) groups is 2. The van der Waals surface area contributed by atoms with Crippen molar-refractivity contribution in [2.75, 3.05) is 25.0 Å². The number of rotatable bonds is 7. The van der Waals surface area contributed by atoms with E-state index in [4.69, 9.17) is 16.6 Å². The minimum absolute atomic E-state index is 0.0338. The minimum atomic E-state index is -0.721. The Labute approximate surface area is 256 Å². The zero-order chi connectivity index (χ0) is 31.6. The monoisotopic (exact) mass is 606 g/mol. The molecule has 11 heteroatoms. The van der Waals surface area contributed by atoms with Crippen LogP contribution in [0, 0.1) is 12.7 Å². The summed E-state index contributed by atoms with van der Waals surface area (Å²) in [7, 11) is 1.63. The van der Waals surface area contributed by atoms with Gasteiger partial charge in [-0.05, 0) is 62.6 Å². The number of aromatic hydroxyl groups is 1. The lowest BCUT2D eigenvalue weighted by molar-refractivity contribution is -0.129. The summed E-state index contributed by atoms with van der Waals surface area (Å²) >= 11 is 6.79. The number of halogens is 2. The third-order valence-corrected chi connectivity index (χ3v) is 7.85. The van der Waals surface area contributed by atoms with Gasteiger partial charge in [0.05, 0.1) is 33.2 Å². The van der Waals surface area contributed by atoms with Crippen molar-refractivity contribution in [2.45, 2.75) is 52.6 Å². The predicted molar refractivity (Wildman–Crippen MR) is 168 cm³/mol. The van der Waals surface area contributed by atoms with Gasteiger partial charge < -0.3 is 14.9 Å². The minimum Gasteiger partial charge on any atom is -0.507 e. The maximum atomic E-state index is 15.1. The van der Waals surface area contributed by atoms with Gasteiger partial charge in [0, 0.05) is 38.4 Å². The Morgan fingerprint density at radius 3 is 2.49 bits per heavy atom. The molecule has 1 unspecified atom stereocenters. The lowest BCUT2D eigenvalue weighted by Gasteiger charge is -2.46. The number of anilines is 2. The maximum Gasteiger partial charge on any atom is 0.246 e. The molecule has 3 heterocycles. The van der Waals surface area contributed by atoms with Crippen molar-refractivity contribution in [2.24, 2.45) is 4.99 Å². The summed E-state index contributed by atoms with van der Waals surface area (Å²) in [6.07, 6.45) is 3.62. The number of hydrogen-bond acceptors (Lipinski definition) is 6. The molecule has 4 rings (SSSR count). The average molecular weight is 607 g/mol. The number of aryl methyl sites for hydroxylation is 1. The number of amidine groups is 1. The number of phenols is 1. The van der Waals surface area contributed by atoms with Crippen LogP contribution in [0.2, 0.25) is 5.02 Å². The third kappa shape index (κ3) is 5.97. The van der Waals surface area contributed by atoms with E-state index in [0.717, 1.165) is 5.56 Å². The second kappa shape index (κ2) is 12.9. The molecule has 1 aliphatic heterocycles. The van der Waals surface area contributed by atoms with Crippen LogP contribution in [-0.2, 0) is 9.59 Å². The summed E-state index contributed by atoms with van der Waals surface area (Å²) in [5.74, 6) is -0.647. The largest absolute Gasteiger partial charge is 0.507 e. The van der Waals surface area contributed by atoms with Crippen molar-refractivity contribution in [1.29, 1.82) is 0 Å². The molecular formula is C32H36ClFN6O3. The summed E-state index contributed by atoms with van der Waals surface area (Å²) in [6, 6.07) is 6.96. The van der Waals surface area contributed by atoms with Gasteiger partial charge in [0.15, 0.2) is 5.82 Å². The quantitative estimate of drug-likeness (QED) is 0.157. The Kier molecular flexibility index (Phi) is 9.49. The molecule has 0 radical (unpaired) electrons. The SMILES string of the molecule is C=CC(=O)N1CC(C)N(C(=NC)c2cc(Cl)c(-c3c(O)cccc3F)nc2N(C=O)c2c(C)ccnc2C(C)C)[C@@H](C)C1. The first kappa shape index (κ1) is 31.6. The van der Waals surface area contributed by atoms with Gasteiger partial charge in [-0.3, -0.25) is 24.5 Å². The van der Waals surface area contributed by atoms with Gasteiger partial charge in [-0.1, -0.05) is 38.1 Å². The highest BCUT2D eigenvalue weighted by Crippen LogP contribution is 2.41. The molecule has 1 aliphatic rings. The fraction of sp³-hybridized carbons (Fsp3) is 0.344. The van der Waals surface area contributed by atoms with Crippen molar-refractivity contribution in [3.8, 4) is 17.0 Å². The van der Waals surface area contributed by atoms with Gasteiger partial charge in [-0.25, -0.2) is 9.37 Å². The maximum absolute atomic E-state index is 15.1. The summed E-state index contributed by atoms with van der Waals surface area (Å²) in [5.41, 5.74) is 2.17. The molecule has 2 aromatic heterocycles. The molecule has 226 valence electrons. The standard InChI is InChI=1S/C32H36ClFN6O3/c1-8-26(43)38-15-20(5)40(21(6)16-38)31(35-7)22-14-23(33)29(27-24(34)10-9-11-25(27)42)37-32(22)39(17-41)30-19(4)12-13-36-28(30)18(2)3/h8-14,17-18,20-21,42H,1,15-16H2,2-7H3/t20-,21?/m0/s1. The highest BCUT2D eigenvalue weighted by Gasteiger charge is 2.36. The van der Waals surface area contributed by atoms with Gasteiger partial charge in [-0.15, -0.1) is 0 Å². The zero-order valence-electron chi connectivity index (χ0n) is 25.2. The van der Waals surface area contributed by atoms with Crippen LogP contribution in [0.5, 0.6) is 5.75 Å². The molecule has 0 aliphatic carbocycles. The Morgan fingerprint density at radius 1 is 1.26 bits per heavy atom. The number of benzene rings is 1. The van der Waals surface area contributed by atoms with Crippen LogP contribution < -0.4 is 4.90 Å². The first-order valence-corrected chi connectivity index (χ1v) is 14.4. The molecule has 43 heavy (non-hydrogen) atoms. The molecule has 0 spiro atoms. The highest BCUT2D eigenvalue weighted by molar-refractivity contribution is 6.33. The van der Waals surface area contributed by atoms with E-state index >= 15 is 4.39 Å². The van der Waals surface area contributed by atoms with Crippen LogP contribution in [0.4, 0.5) is 15.9 Å². The number of nitrogens with zero attached hydrogens (tertiary/aromatic N) is 6. The van der Waals surface area contributed by atoms with E-state index in [-0.39, 0.29) is 51.8 Å². The van der Waals surface area contributed by atoms with E-state index in [9.17, 15) is 14.7 Å². The Hall–Kier alpha value is -4.31. The number of amides is 2. The van der Waals surface area contributed by atoms with Crippen LogP contribution in [0.1, 0.15) is 50.4 Å². The molecule has 1 aromatic carbocycles. The van der Waals surface area contributed by atoms with Crippen LogP contribution in [0.3, 0.4) is 0 Å². The fourth-order valence-corrected chi connectivity index (χ4v) is 5.94. The highest BCUT2D eigenvalue weighted by atomic mass is 35.5. The summed E-state index contributed by atoms with van der Waals surface area (Å²) in [5, 5.41) is 10.7. The summed E-state index contributed by atoms with van der Waals surface area (Å²) in [6.45, 7) is 14.2. The van der Waals surface area contributed by atoms with Crippen molar-refractivity contribution in [3.63, 3.8) is 0 Å². The van der Waals surface area contributed by atoms with E-state index in [1.165, 1.54) is 29.2 Å². The molecular weight excluding hydrogens is 571 g/mol. The Balaban J connectivity index is 2.01. The third-order valence-electron chi connectivity index (χ3n) is 7.56. The second-order valence-electron chi connectivity index (χ2n) is 10.9. The van der Waals surface area contributed by atoms with Crippen LogP contribution in [-0.4, -0.2) is 75.2 Å². The van der Waals surface area contributed by atoms with E-state index in [0.29, 0.717) is 42.3 Å².